The molecule has 1 saturated heterocycles. The second-order valence-electron chi connectivity index (χ2n) is 11.9. The number of amides is 2. The molecule has 2 aromatic heterocycles. The van der Waals surface area contributed by atoms with Crippen LogP contribution in [-0.4, -0.2) is 61.2 Å². The molecular weight excluding hydrogens is 570 g/mol. The van der Waals surface area contributed by atoms with E-state index in [0.717, 1.165) is 25.0 Å². The number of nitrogens with two attached hydrogens (primary N) is 1. The van der Waals surface area contributed by atoms with Crippen LogP contribution in [0.1, 0.15) is 65.3 Å². The largest absolute Gasteiger partial charge is 0.444 e. The zero-order chi connectivity index (χ0) is 30.2. The molecule has 1 aromatic carbocycles. The van der Waals surface area contributed by atoms with Crippen molar-refractivity contribution in [2.75, 3.05) is 23.7 Å². The molecule has 2 fully saturated rings. The Balaban J connectivity index is 1.44. The second kappa shape index (κ2) is 11.9. The van der Waals surface area contributed by atoms with Crippen LogP contribution in [0.4, 0.5) is 31.2 Å². The van der Waals surface area contributed by atoms with Gasteiger partial charge in [0.2, 0.25) is 17.8 Å². The molecule has 1 aliphatic carbocycles. The number of hydrogen-bond acceptors (Lipinski definition) is 8. The fourth-order valence-corrected chi connectivity index (χ4v) is 5.75. The van der Waals surface area contributed by atoms with E-state index in [9.17, 15) is 18.4 Å². The number of benzene rings is 1. The number of anilines is 3. The third kappa shape index (κ3) is 6.66. The van der Waals surface area contributed by atoms with E-state index in [0.29, 0.717) is 55.9 Å². The van der Waals surface area contributed by atoms with Gasteiger partial charge in [0.05, 0.1) is 6.20 Å². The van der Waals surface area contributed by atoms with Crippen molar-refractivity contribution in [3.63, 3.8) is 0 Å². The van der Waals surface area contributed by atoms with Gasteiger partial charge in [-0.05, 0) is 71.4 Å². The van der Waals surface area contributed by atoms with Gasteiger partial charge in [-0.25, -0.2) is 23.5 Å². The Bertz CT molecular complexity index is 1460. The molecule has 42 heavy (non-hydrogen) atoms. The number of piperidine rings is 1. The number of aromatic nitrogens is 4. The van der Waals surface area contributed by atoms with Gasteiger partial charge >= 0.3 is 6.09 Å². The minimum Gasteiger partial charge on any atom is -0.444 e. The standard InChI is InChI=1S/C28H35ClF2N8O3/c1-28(2,3)42-27(41)38-10-4-5-17(14-38)34-25-33-13-21-24(37-25)39(18-8-6-15(7-9-18)23(32)40)26(35-21)36-22-19(30)11-16(29)12-20(22)31/h11-13,15,17-18H,4-10,14H2,1-3H3,(H2,32,40)(H,35,36)(H,33,34,37)/t15-,17?,18+. The molecule has 1 saturated carbocycles. The first-order chi connectivity index (χ1) is 19.9. The van der Waals surface area contributed by atoms with Gasteiger partial charge in [-0.1, -0.05) is 11.6 Å². The topological polar surface area (TPSA) is 140 Å². The summed E-state index contributed by atoms with van der Waals surface area (Å²) in [6.45, 7) is 6.51. The number of hydrogen-bond donors (Lipinski definition) is 3. The molecular formula is C28H35ClF2N8O3. The van der Waals surface area contributed by atoms with Crippen LogP contribution in [0.25, 0.3) is 11.2 Å². The summed E-state index contributed by atoms with van der Waals surface area (Å²) in [6.07, 6.45) is 5.10. The lowest BCUT2D eigenvalue weighted by Gasteiger charge is -2.34. The zero-order valence-electron chi connectivity index (χ0n) is 23.8. The average molecular weight is 605 g/mol. The lowest BCUT2D eigenvalue weighted by molar-refractivity contribution is -0.122. The molecule has 1 atom stereocenters. The fourth-order valence-electron chi connectivity index (χ4n) is 5.56. The van der Waals surface area contributed by atoms with E-state index in [1.165, 1.54) is 0 Å². The molecule has 3 heterocycles. The highest BCUT2D eigenvalue weighted by molar-refractivity contribution is 6.30. The van der Waals surface area contributed by atoms with Gasteiger partial charge in [0.1, 0.15) is 16.8 Å². The number of nitrogens with one attached hydrogen (secondary N) is 2. The van der Waals surface area contributed by atoms with Gasteiger partial charge in [0, 0.05) is 36.1 Å². The van der Waals surface area contributed by atoms with Crippen molar-refractivity contribution in [1.29, 1.82) is 0 Å². The Labute approximate surface area is 247 Å². The fraction of sp³-hybridized carbons (Fsp3) is 0.536. The van der Waals surface area contributed by atoms with Crippen LogP contribution in [0.5, 0.6) is 0 Å². The highest BCUT2D eigenvalue weighted by atomic mass is 35.5. The van der Waals surface area contributed by atoms with Crippen molar-refractivity contribution >= 4 is 52.3 Å². The molecule has 0 radical (unpaired) electrons. The van der Waals surface area contributed by atoms with Crippen molar-refractivity contribution in [3.05, 3.63) is 35.0 Å². The predicted octanol–water partition coefficient (Wildman–Crippen LogP) is 5.53. The number of carbonyl (C=O) groups is 2. The Morgan fingerprint density at radius 3 is 2.43 bits per heavy atom. The molecule has 1 aliphatic heterocycles. The molecule has 1 unspecified atom stereocenters. The van der Waals surface area contributed by atoms with Crippen LogP contribution >= 0.6 is 11.6 Å². The third-order valence-electron chi connectivity index (χ3n) is 7.55. The minimum atomic E-state index is -0.865. The molecule has 2 amide bonds. The number of primary amides is 1. The Morgan fingerprint density at radius 2 is 1.79 bits per heavy atom. The van der Waals surface area contributed by atoms with Crippen molar-refractivity contribution in [2.45, 2.75) is 77.0 Å². The highest BCUT2D eigenvalue weighted by Crippen LogP contribution is 2.38. The highest BCUT2D eigenvalue weighted by Gasteiger charge is 2.31. The molecule has 11 nitrogen and oxygen atoms in total. The van der Waals surface area contributed by atoms with E-state index in [2.05, 4.69) is 20.6 Å². The normalized spacial score (nSPS) is 21.3. The molecule has 14 heteroatoms. The summed E-state index contributed by atoms with van der Waals surface area (Å²) in [5.41, 5.74) is 5.45. The Morgan fingerprint density at radius 1 is 1.10 bits per heavy atom. The number of fused-ring (bicyclic) bond motifs is 1. The van der Waals surface area contributed by atoms with E-state index in [4.69, 9.17) is 27.1 Å². The molecule has 2 aliphatic rings. The molecule has 226 valence electrons. The number of ether oxygens (including phenoxy) is 1. The average Bonchev–Trinajstić information content (AvgIpc) is 3.27. The van der Waals surface area contributed by atoms with Gasteiger partial charge in [-0.2, -0.15) is 4.98 Å². The first-order valence-corrected chi connectivity index (χ1v) is 14.5. The molecule has 0 spiro atoms. The maximum Gasteiger partial charge on any atom is 0.410 e. The van der Waals surface area contributed by atoms with Crippen LogP contribution < -0.4 is 16.4 Å². The lowest BCUT2D eigenvalue weighted by atomic mass is 9.85. The van der Waals surface area contributed by atoms with E-state index in [-0.39, 0.29) is 41.0 Å². The zero-order valence-corrected chi connectivity index (χ0v) is 24.5. The lowest BCUT2D eigenvalue weighted by Crippen LogP contribution is -2.47. The van der Waals surface area contributed by atoms with Gasteiger partial charge in [-0.3, -0.25) is 9.36 Å². The minimum absolute atomic E-state index is 0.0663. The maximum atomic E-state index is 14.7. The van der Waals surface area contributed by atoms with Gasteiger partial charge in [0.25, 0.3) is 0 Å². The summed E-state index contributed by atoms with van der Waals surface area (Å²) < 4.78 is 36.8. The number of likely N-dealkylation sites (tertiary alicyclic amines) is 1. The second-order valence-corrected chi connectivity index (χ2v) is 12.3. The summed E-state index contributed by atoms with van der Waals surface area (Å²) in [6, 6.07) is 1.77. The summed E-state index contributed by atoms with van der Waals surface area (Å²) in [7, 11) is 0. The van der Waals surface area contributed by atoms with Crippen LogP contribution in [0, 0.1) is 17.6 Å². The predicted molar refractivity (Wildman–Crippen MR) is 155 cm³/mol. The first-order valence-electron chi connectivity index (χ1n) is 14.1. The van der Waals surface area contributed by atoms with Crippen LogP contribution in [0.15, 0.2) is 18.3 Å². The molecule has 5 rings (SSSR count). The van der Waals surface area contributed by atoms with Gasteiger partial charge in [-0.15, -0.1) is 0 Å². The number of carbonyl (C=O) groups excluding carboxylic acids is 2. The summed E-state index contributed by atoms with van der Waals surface area (Å²) >= 11 is 5.81. The maximum absolute atomic E-state index is 14.7. The van der Waals surface area contributed by atoms with Crippen LogP contribution in [0.3, 0.4) is 0 Å². The van der Waals surface area contributed by atoms with Crippen LogP contribution in [-0.2, 0) is 9.53 Å². The van der Waals surface area contributed by atoms with Crippen molar-refractivity contribution in [2.24, 2.45) is 11.7 Å². The molecule has 3 aromatic rings. The third-order valence-corrected chi connectivity index (χ3v) is 7.77. The monoisotopic (exact) mass is 604 g/mol. The van der Waals surface area contributed by atoms with E-state index in [1.807, 2.05) is 20.8 Å². The van der Waals surface area contributed by atoms with E-state index >= 15 is 0 Å². The summed E-state index contributed by atoms with van der Waals surface area (Å²) in [4.78, 5) is 39.8. The molecule has 0 bridgehead atoms. The Hall–Kier alpha value is -3.74. The number of imidazole rings is 1. The van der Waals surface area contributed by atoms with Gasteiger partial charge in [0.15, 0.2) is 17.3 Å². The Kier molecular flexibility index (Phi) is 8.40. The van der Waals surface area contributed by atoms with Gasteiger partial charge < -0.3 is 26.0 Å². The van der Waals surface area contributed by atoms with E-state index < -0.39 is 22.9 Å². The quantitative estimate of drug-likeness (QED) is 0.334. The molecule has 4 N–H and O–H groups in total. The number of halogens is 3. The number of nitrogens with zero attached hydrogens (tertiary/aromatic N) is 5. The number of rotatable bonds is 6. The van der Waals surface area contributed by atoms with Crippen LogP contribution in [0.2, 0.25) is 5.02 Å². The smallest absolute Gasteiger partial charge is 0.410 e. The van der Waals surface area contributed by atoms with Crippen molar-refractivity contribution in [1.82, 2.24) is 24.4 Å². The van der Waals surface area contributed by atoms with Crippen molar-refractivity contribution in [3.8, 4) is 0 Å². The SMILES string of the molecule is CC(C)(C)OC(=O)N1CCCC(Nc2ncc3nc(Nc4c(F)cc(Cl)cc4F)n([C@H]4CC[C@@H](C(N)=O)CC4)c3n2)C1. The first kappa shape index (κ1) is 29.7. The van der Waals surface area contributed by atoms with Crippen molar-refractivity contribution < 1.29 is 23.1 Å². The summed E-state index contributed by atoms with van der Waals surface area (Å²) in [5, 5.41) is 6.06. The van der Waals surface area contributed by atoms with E-state index in [1.54, 1.807) is 15.7 Å². The summed E-state index contributed by atoms with van der Waals surface area (Å²) in [5.74, 6) is -1.78.